The maximum atomic E-state index is 12.3. The highest BCUT2D eigenvalue weighted by atomic mass is 35.5. The van der Waals surface area contributed by atoms with Crippen molar-refractivity contribution in [3.05, 3.63) is 53.1 Å². The minimum Gasteiger partial charge on any atom is -0.493 e. The molecular weight excluding hydrogens is 374 g/mol. The fourth-order valence-electron chi connectivity index (χ4n) is 2.79. The lowest BCUT2D eigenvalue weighted by Gasteiger charge is -2.25. The molecule has 0 unspecified atom stereocenters. The minimum atomic E-state index is -0.0721. The van der Waals surface area contributed by atoms with E-state index < -0.39 is 0 Å². The molecule has 5 nitrogen and oxygen atoms in total. The molecule has 26 heavy (non-hydrogen) atoms. The molecule has 2 aromatic carbocycles. The van der Waals surface area contributed by atoms with E-state index in [1.807, 2.05) is 41.3 Å². The van der Waals surface area contributed by atoms with Crippen molar-refractivity contribution in [1.29, 1.82) is 0 Å². The van der Waals surface area contributed by atoms with Gasteiger partial charge in [-0.2, -0.15) is 0 Å². The summed E-state index contributed by atoms with van der Waals surface area (Å²) in [6.07, 6.45) is 0. The highest BCUT2D eigenvalue weighted by Gasteiger charge is 2.33. The summed E-state index contributed by atoms with van der Waals surface area (Å²) >= 11 is 7.69. The van der Waals surface area contributed by atoms with Crippen LogP contribution < -0.4 is 14.2 Å². The maximum Gasteiger partial charge on any atom is 0.233 e. The summed E-state index contributed by atoms with van der Waals surface area (Å²) in [6.45, 7) is 0.857. The van der Waals surface area contributed by atoms with Crippen LogP contribution in [0.1, 0.15) is 10.9 Å². The molecule has 1 fully saturated rings. The van der Waals surface area contributed by atoms with Crippen LogP contribution in [0.5, 0.6) is 17.2 Å². The number of nitrogens with zero attached hydrogens (tertiary/aromatic N) is 1. The minimum absolute atomic E-state index is 0.0721. The molecule has 138 valence electrons. The average molecular weight is 394 g/mol. The molecule has 0 radical (unpaired) electrons. The lowest BCUT2D eigenvalue weighted by molar-refractivity contribution is -0.128. The van der Waals surface area contributed by atoms with Crippen LogP contribution >= 0.6 is 23.4 Å². The Morgan fingerprint density at radius 3 is 2.62 bits per heavy atom. The van der Waals surface area contributed by atoms with Crippen molar-refractivity contribution in [3.8, 4) is 17.2 Å². The molecule has 2 aromatic rings. The van der Waals surface area contributed by atoms with Crippen LogP contribution in [-0.4, -0.2) is 43.9 Å². The molecule has 0 aromatic heterocycles. The molecule has 1 aliphatic heterocycles. The molecule has 1 saturated heterocycles. The Morgan fingerprint density at radius 1 is 1.12 bits per heavy atom. The molecular formula is C19H20ClNO4S. The monoisotopic (exact) mass is 393 g/mol. The molecule has 0 spiro atoms. The van der Waals surface area contributed by atoms with E-state index in [0.29, 0.717) is 41.2 Å². The quantitative estimate of drug-likeness (QED) is 0.711. The Balaban J connectivity index is 1.70. The molecule has 0 bridgehead atoms. The standard InChI is InChI=1S/C19H20ClNO4S/c1-23-16-8-7-13(11-17(16)24-2)19-21(18(22)12-26-19)9-10-25-15-6-4-3-5-14(15)20/h3-8,11,19H,9-10,12H2,1-2H3/t19-/m0/s1. The van der Waals surface area contributed by atoms with Gasteiger partial charge < -0.3 is 19.1 Å². The van der Waals surface area contributed by atoms with Gasteiger partial charge in [-0.15, -0.1) is 11.8 Å². The van der Waals surface area contributed by atoms with Crippen molar-refractivity contribution in [3.63, 3.8) is 0 Å². The van der Waals surface area contributed by atoms with E-state index in [1.54, 1.807) is 32.0 Å². The maximum absolute atomic E-state index is 12.3. The summed E-state index contributed by atoms with van der Waals surface area (Å²) in [4.78, 5) is 14.1. The molecule has 0 saturated carbocycles. The predicted molar refractivity (Wildman–Crippen MR) is 103 cm³/mol. The SMILES string of the molecule is COc1ccc([C@@H]2SCC(=O)N2CCOc2ccccc2Cl)cc1OC. The van der Waals surface area contributed by atoms with Crippen molar-refractivity contribution in [1.82, 2.24) is 4.90 Å². The average Bonchev–Trinajstić information content (AvgIpc) is 3.03. The third-order valence-corrected chi connectivity index (χ3v) is 5.66. The number of carbonyl (C=O) groups is 1. The van der Waals surface area contributed by atoms with Gasteiger partial charge in [0.05, 0.1) is 31.5 Å². The zero-order valence-corrected chi connectivity index (χ0v) is 16.2. The predicted octanol–water partition coefficient (Wildman–Crippen LogP) is 4.01. The van der Waals surface area contributed by atoms with Gasteiger partial charge in [0, 0.05) is 0 Å². The third kappa shape index (κ3) is 4.02. The van der Waals surface area contributed by atoms with Gasteiger partial charge in [0.25, 0.3) is 0 Å². The second-order valence-electron chi connectivity index (χ2n) is 5.64. The first-order valence-electron chi connectivity index (χ1n) is 8.14. The molecule has 3 rings (SSSR count). The summed E-state index contributed by atoms with van der Waals surface area (Å²) < 4.78 is 16.4. The number of halogens is 1. The first-order valence-corrected chi connectivity index (χ1v) is 9.57. The number of methoxy groups -OCH3 is 2. The van der Waals surface area contributed by atoms with Crippen LogP contribution in [-0.2, 0) is 4.79 Å². The van der Waals surface area contributed by atoms with Crippen LogP contribution in [0.4, 0.5) is 0 Å². The summed E-state index contributed by atoms with van der Waals surface area (Å²) in [5.41, 5.74) is 0.997. The molecule has 1 atom stereocenters. The Labute approximate surface area is 162 Å². The number of ether oxygens (including phenoxy) is 3. The van der Waals surface area contributed by atoms with Gasteiger partial charge in [-0.05, 0) is 29.8 Å². The van der Waals surface area contributed by atoms with Crippen molar-refractivity contribution < 1.29 is 19.0 Å². The van der Waals surface area contributed by atoms with E-state index in [1.165, 1.54) is 0 Å². The fourth-order valence-corrected chi connectivity index (χ4v) is 4.19. The van der Waals surface area contributed by atoms with E-state index >= 15 is 0 Å². The number of para-hydroxylation sites is 1. The van der Waals surface area contributed by atoms with Gasteiger partial charge in [0.1, 0.15) is 17.7 Å². The Hall–Kier alpha value is -2.05. The van der Waals surface area contributed by atoms with Gasteiger partial charge >= 0.3 is 0 Å². The highest BCUT2D eigenvalue weighted by Crippen LogP contribution is 2.41. The van der Waals surface area contributed by atoms with Crippen molar-refractivity contribution >= 4 is 29.3 Å². The molecule has 0 N–H and O–H groups in total. The smallest absolute Gasteiger partial charge is 0.233 e. The molecule has 1 aliphatic rings. The first kappa shape index (κ1) is 18.7. The number of amides is 1. The summed E-state index contributed by atoms with van der Waals surface area (Å²) in [7, 11) is 3.20. The lowest BCUT2D eigenvalue weighted by atomic mass is 10.2. The summed E-state index contributed by atoms with van der Waals surface area (Å²) in [6, 6.07) is 13.0. The third-order valence-electron chi connectivity index (χ3n) is 4.09. The van der Waals surface area contributed by atoms with E-state index in [9.17, 15) is 4.79 Å². The molecule has 7 heteroatoms. The second-order valence-corrected chi connectivity index (χ2v) is 7.12. The van der Waals surface area contributed by atoms with Crippen LogP contribution in [0.25, 0.3) is 0 Å². The highest BCUT2D eigenvalue weighted by molar-refractivity contribution is 8.00. The number of thioether (sulfide) groups is 1. The number of benzene rings is 2. The van der Waals surface area contributed by atoms with E-state index in [4.69, 9.17) is 25.8 Å². The largest absolute Gasteiger partial charge is 0.493 e. The van der Waals surface area contributed by atoms with Crippen molar-refractivity contribution in [2.24, 2.45) is 0 Å². The zero-order chi connectivity index (χ0) is 18.5. The first-order chi connectivity index (χ1) is 12.6. The van der Waals surface area contributed by atoms with Gasteiger partial charge in [-0.25, -0.2) is 0 Å². The Kier molecular flexibility index (Phi) is 6.16. The van der Waals surface area contributed by atoms with Crippen LogP contribution in [0.15, 0.2) is 42.5 Å². The number of hydrogen-bond donors (Lipinski definition) is 0. The molecule has 1 amide bonds. The lowest BCUT2D eigenvalue weighted by Crippen LogP contribution is -2.32. The van der Waals surface area contributed by atoms with Crippen LogP contribution in [0.2, 0.25) is 5.02 Å². The molecule has 1 heterocycles. The fraction of sp³-hybridized carbons (Fsp3) is 0.316. The van der Waals surface area contributed by atoms with Gasteiger partial charge in [-0.3, -0.25) is 4.79 Å². The van der Waals surface area contributed by atoms with Crippen molar-refractivity contribution in [2.45, 2.75) is 5.37 Å². The second kappa shape index (κ2) is 8.56. The molecule has 0 aliphatic carbocycles. The van der Waals surface area contributed by atoms with Crippen LogP contribution in [0, 0.1) is 0 Å². The Bertz CT molecular complexity index is 786. The summed E-state index contributed by atoms with van der Waals surface area (Å²) in [5.74, 6) is 2.48. The van der Waals surface area contributed by atoms with E-state index in [-0.39, 0.29) is 11.3 Å². The number of hydrogen-bond acceptors (Lipinski definition) is 5. The summed E-state index contributed by atoms with van der Waals surface area (Å²) in [5, 5.41) is 0.489. The van der Waals surface area contributed by atoms with Gasteiger partial charge in [-0.1, -0.05) is 29.8 Å². The number of carbonyl (C=O) groups excluding carboxylic acids is 1. The zero-order valence-electron chi connectivity index (χ0n) is 14.6. The van der Waals surface area contributed by atoms with Crippen molar-refractivity contribution in [2.75, 3.05) is 33.1 Å². The van der Waals surface area contributed by atoms with Crippen LogP contribution in [0.3, 0.4) is 0 Å². The Morgan fingerprint density at radius 2 is 1.88 bits per heavy atom. The van der Waals surface area contributed by atoms with E-state index in [0.717, 1.165) is 5.56 Å². The van der Waals surface area contributed by atoms with Gasteiger partial charge in [0.2, 0.25) is 5.91 Å². The number of rotatable bonds is 7. The topological polar surface area (TPSA) is 48.0 Å². The van der Waals surface area contributed by atoms with Gasteiger partial charge in [0.15, 0.2) is 11.5 Å². The van der Waals surface area contributed by atoms with E-state index in [2.05, 4.69) is 0 Å². The normalized spacial score (nSPS) is 16.7.